The van der Waals surface area contributed by atoms with Gasteiger partial charge in [-0.15, -0.1) is 0 Å². The van der Waals surface area contributed by atoms with Crippen LogP contribution in [0.25, 0.3) is 0 Å². The first-order valence-corrected chi connectivity index (χ1v) is 8.12. The number of hydrogen-bond donors (Lipinski definition) is 1. The van der Waals surface area contributed by atoms with Crippen molar-refractivity contribution in [2.24, 2.45) is 0 Å². The summed E-state index contributed by atoms with van der Waals surface area (Å²) in [5, 5.41) is 2.93. The molecular formula is C18H27NO3. The van der Waals surface area contributed by atoms with Crippen molar-refractivity contribution in [3.8, 4) is 5.75 Å². The number of benzene rings is 1. The minimum Gasteiger partial charge on any atom is -0.490 e. The van der Waals surface area contributed by atoms with Crippen LogP contribution in [-0.2, 0) is 9.53 Å². The van der Waals surface area contributed by atoms with Crippen LogP contribution in [0.5, 0.6) is 5.75 Å². The Labute approximate surface area is 133 Å². The van der Waals surface area contributed by atoms with Gasteiger partial charge in [0.2, 0.25) is 0 Å². The summed E-state index contributed by atoms with van der Waals surface area (Å²) < 4.78 is 11.4. The Morgan fingerprint density at radius 3 is 2.59 bits per heavy atom. The van der Waals surface area contributed by atoms with Crippen molar-refractivity contribution < 1.29 is 14.3 Å². The van der Waals surface area contributed by atoms with Gasteiger partial charge in [-0.2, -0.15) is 0 Å². The van der Waals surface area contributed by atoms with Gasteiger partial charge in [0, 0.05) is 12.8 Å². The standard InChI is InChI=1S/C18H27NO3/c1-5-18(3,21-4)17(20)19-14-10-11-16(13(2)12-14)22-15-8-6-7-9-15/h10-12,15H,5-9H2,1-4H3,(H,19,20)/t18-/m1/s1. The Kier molecular flexibility index (Phi) is 5.46. The number of hydrogen-bond acceptors (Lipinski definition) is 3. The molecule has 1 saturated carbocycles. The van der Waals surface area contributed by atoms with Crippen LogP contribution < -0.4 is 10.1 Å². The highest BCUT2D eigenvalue weighted by Gasteiger charge is 2.31. The minimum absolute atomic E-state index is 0.124. The van der Waals surface area contributed by atoms with Crippen LogP contribution in [0.4, 0.5) is 5.69 Å². The Morgan fingerprint density at radius 1 is 1.36 bits per heavy atom. The second kappa shape index (κ2) is 7.14. The molecule has 0 heterocycles. The summed E-state index contributed by atoms with van der Waals surface area (Å²) in [6.07, 6.45) is 5.75. The van der Waals surface area contributed by atoms with Crippen LogP contribution in [-0.4, -0.2) is 24.7 Å². The van der Waals surface area contributed by atoms with E-state index >= 15 is 0 Å². The molecule has 0 aliphatic heterocycles. The lowest BCUT2D eigenvalue weighted by molar-refractivity contribution is -0.136. The van der Waals surface area contributed by atoms with Crippen LogP contribution in [0.2, 0.25) is 0 Å². The molecule has 1 fully saturated rings. The summed E-state index contributed by atoms with van der Waals surface area (Å²) in [6, 6.07) is 5.79. The molecule has 1 aliphatic carbocycles. The van der Waals surface area contributed by atoms with Gasteiger partial charge in [0.25, 0.3) is 5.91 Å². The third kappa shape index (κ3) is 3.80. The van der Waals surface area contributed by atoms with Crippen molar-refractivity contribution in [3.05, 3.63) is 23.8 Å². The van der Waals surface area contributed by atoms with Crippen LogP contribution in [0.1, 0.15) is 51.5 Å². The molecule has 1 amide bonds. The highest BCUT2D eigenvalue weighted by atomic mass is 16.5. The van der Waals surface area contributed by atoms with Gasteiger partial charge in [-0.1, -0.05) is 6.92 Å². The molecule has 4 nitrogen and oxygen atoms in total. The molecule has 1 atom stereocenters. The first-order valence-electron chi connectivity index (χ1n) is 8.12. The van der Waals surface area contributed by atoms with Gasteiger partial charge >= 0.3 is 0 Å². The number of anilines is 1. The number of rotatable bonds is 6. The van der Waals surface area contributed by atoms with Crippen LogP contribution in [0.3, 0.4) is 0 Å². The van der Waals surface area contributed by atoms with E-state index in [2.05, 4.69) is 5.32 Å². The lowest BCUT2D eigenvalue weighted by Gasteiger charge is -2.25. The number of methoxy groups -OCH3 is 1. The zero-order valence-electron chi connectivity index (χ0n) is 14.1. The number of carbonyl (C=O) groups is 1. The number of amides is 1. The van der Waals surface area contributed by atoms with E-state index < -0.39 is 5.60 Å². The molecule has 0 radical (unpaired) electrons. The molecule has 0 spiro atoms. The Balaban J connectivity index is 2.04. The molecule has 4 heteroatoms. The maximum absolute atomic E-state index is 12.3. The van der Waals surface area contributed by atoms with Crippen LogP contribution in [0.15, 0.2) is 18.2 Å². The largest absolute Gasteiger partial charge is 0.490 e. The molecular weight excluding hydrogens is 278 g/mol. The molecule has 1 N–H and O–H groups in total. The van der Waals surface area contributed by atoms with Gasteiger partial charge in [0.15, 0.2) is 0 Å². The quantitative estimate of drug-likeness (QED) is 0.862. The predicted octanol–water partition coefficient (Wildman–Crippen LogP) is 4.07. The predicted molar refractivity (Wildman–Crippen MR) is 88.4 cm³/mol. The van der Waals surface area contributed by atoms with Gasteiger partial charge in [-0.25, -0.2) is 0 Å². The summed E-state index contributed by atoms with van der Waals surface area (Å²) in [5.74, 6) is 0.788. The smallest absolute Gasteiger partial charge is 0.256 e. The van der Waals surface area contributed by atoms with E-state index in [1.165, 1.54) is 12.8 Å². The maximum Gasteiger partial charge on any atom is 0.256 e. The first-order chi connectivity index (χ1) is 10.5. The molecule has 122 valence electrons. The minimum atomic E-state index is -0.799. The third-order valence-corrected chi connectivity index (χ3v) is 4.63. The van der Waals surface area contributed by atoms with Crippen molar-refractivity contribution in [2.75, 3.05) is 12.4 Å². The fraction of sp³-hybridized carbons (Fsp3) is 0.611. The highest BCUT2D eigenvalue weighted by molar-refractivity contribution is 5.97. The zero-order valence-corrected chi connectivity index (χ0v) is 14.1. The van der Waals surface area contributed by atoms with Crippen molar-refractivity contribution in [3.63, 3.8) is 0 Å². The Bertz CT molecular complexity index is 517. The molecule has 0 aromatic heterocycles. The molecule has 2 rings (SSSR count). The Morgan fingerprint density at radius 2 is 2.05 bits per heavy atom. The second-order valence-electron chi connectivity index (χ2n) is 6.25. The van der Waals surface area contributed by atoms with E-state index in [0.717, 1.165) is 29.8 Å². The summed E-state index contributed by atoms with van der Waals surface area (Å²) in [6.45, 7) is 5.74. The molecule has 22 heavy (non-hydrogen) atoms. The average Bonchev–Trinajstić information content (AvgIpc) is 3.02. The van der Waals surface area contributed by atoms with Crippen molar-refractivity contribution in [1.29, 1.82) is 0 Å². The fourth-order valence-corrected chi connectivity index (χ4v) is 2.71. The molecule has 1 aromatic rings. The third-order valence-electron chi connectivity index (χ3n) is 4.63. The second-order valence-corrected chi connectivity index (χ2v) is 6.25. The normalized spacial score (nSPS) is 18.0. The lowest BCUT2D eigenvalue weighted by atomic mass is 10.0. The monoisotopic (exact) mass is 305 g/mol. The molecule has 0 bridgehead atoms. The van der Waals surface area contributed by atoms with Crippen molar-refractivity contribution in [2.45, 2.75) is 64.6 Å². The zero-order chi connectivity index (χ0) is 16.2. The molecule has 0 saturated heterocycles. The summed E-state index contributed by atoms with van der Waals surface area (Å²) >= 11 is 0. The van der Waals surface area contributed by atoms with E-state index in [0.29, 0.717) is 12.5 Å². The van der Waals surface area contributed by atoms with Crippen molar-refractivity contribution >= 4 is 11.6 Å². The molecule has 0 unspecified atom stereocenters. The molecule has 1 aliphatic rings. The van der Waals surface area contributed by atoms with E-state index in [9.17, 15) is 4.79 Å². The van der Waals surface area contributed by atoms with Crippen LogP contribution >= 0.6 is 0 Å². The topological polar surface area (TPSA) is 47.6 Å². The van der Waals surface area contributed by atoms with Gasteiger partial charge < -0.3 is 14.8 Å². The van der Waals surface area contributed by atoms with Gasteiger partial charge in [0.05, 0.1) is 6.10 Å². The average molecular weight is 305 g/mol. The molecule has 1 aromatic carbocycles. The van der Waals surface area contributed by atoms with E-state index in [-0.39, 0.29) is 5.91 Å². The number of nitrogens with one attached hydrogen (secondary N) is 1. The number of aryl methyl sites for hydroxylation is 1. The highest BCUT2D eigenvalue weighted by Crippen LogP contribution is 2.28. The van der Waals surface area contributed by atoms with Gasteiger partial charge in [0.1, 0.15) is 11.4 Å². The van der Waals surface area contributed by atoms with Crippen molar-refractivity contribution in [1.82, 2.24) is 0 Å². The van der Waals surface area contributed by atoms with E-state index in [4.69, 9.17) is 9.47 Å². The number of carbonyl (C=O) groups excluding carboxylic acids is 1. The van der Waals surface area contributed by atoms with E-state index in [1.54, 1.807) is 14.0 Å². The first kappa shape index (κ1) is 16.8. The fourth-order valence-electron chi connectivity index (χ4n) is 2.71. The summed E-state index contributed by atoms with van der Waals surface area (Å²) in [4.78, 5) is 12.3. The lowest BCUT2D eigenvalue weighted by Crippen LogP contribution is -2.41. The Hall–Kier alpha value is -1.55. The summed E-state index contributed by atoms with van der Waals surface area (Å²) in [5.41, 5.74) is 1.02. The SMILES string of the molecule is CC[C@@](C)(OC)C(=O)Nc1ccc(OC2CCCC2)c(C)c1. The number of ether oxygens (including phenoxy) is 2. The van der Waals surface area contributed by atoms with Gasteiger partial charge in [-0.3, -0.25) is 4.79 Å². The van der Waals surface area contributed by atoms with E-state index in [1.807, 2.05) is 32.0 Å². The summed E-state index contributed by atoms with van der Waals surface area (Å²) in [7, 11) is 1.56. The van der Waals surface area contributed by atoms with Crippen LogP contribution in [0, 0.1) is 6.92 Å². The van der Waals surface area contributed by atoms with Gasteiger partial charge in [-0.05, 0) is 69.7 Å². The maximum atomic E-state index is 12.3.